The standard InChI is InChI=1S/C23H16ClF3N4O2S/c24-20-19(22(32)31-14-3-4-15(31)7-12(6-14)17-10-34-11-28-17)29-21-16(23(25,26)27)8-13(9-30(20)21)18-2-1-5-33-18/h1-2,5-6,8-11,14-15H,3-4,7H2. The Kier molecular flexibility index (Phi) is 4.86. The van der Waals surface area contributed by atoms with Gasteiger partial charge in [0.2, 0.25) is 0 Å². The zero-order chi connectivity index (χ0) is 23.6. The third-order valence-corrected chi connectivity index (χ3v) is 7.31. The van der Waals surface area contributed by atoms with Crippen molar-refractivity contribution in [1.82, 2.24) is 19.3 Å². The van der Waals surface area contributed by atoms with Gasteiger partial charge in [-0.1, -0.05) is 17.7 Å². The number of amides is 1. The third-order valence-electron chi connectivity index (χ3n) is 6.37. The van der Waals surface area contributed by atoms with Crippen LogP contribution in [-0.2, 0) is 6.18 Å². The Balaban J connectivity index is 1.43. The van der Waals surface area contributed by atoms with Gasteiger partial charge in [0, 0.05) is 23.2 Å². The average molecular weight is 505 g/mol. The number of alkyl halides is 3. The van der Waals surface area contributed by atoms with Crippen molar-refractivity contribution >= 4 is 40.1 Å². The average Bonchev–Trinajstić information content (AvgIpc) is 3.59. The van der Waals surface area contributed by atoms with Crippen LogP contribution in [0.2, 0.25) is 5.15 Å². The highest BCUT2D eigenvalue weighted by Crippen LogP contribution is 2.41. The van der Waals surface area contributed by atoms with Crippen LogP contribution in [0.4, 0.5) is 13.2 Å². The fourth-order valence-corrected chi connectivity index (χ4v) is 5.70. The Labute approximate surface area is 200 Å². The fraction of sp³-hybridized carbons (Fsp3) is 0.261. The molecule has 11 heteroatoms. The van der Waals surface area contributed by atoms with Crippen molar-refractivity contribution in [2.45, 2.75) is 37.5 Å². The molecule has 2 atom stereocenters. The van der Waals surface area contributed by atoms with Crippen LogP contribution in [0.15, 0.2) is 52.0 Å². The maximum atomic E-state index is 13.9. The number of hydrogen-bond acceptors (Lipinski definition) is 5. The van der Waals surface area contributed by atoms with Crippen molar-refractivity contribution in [3.05, 3.63) is 69.7 Å². The first-order valence-corrected chi connectivity index (χ1v) is 11.9. The molecule has 174 valence electrons. The van der Waals surface area contributed by atoms with Gasteiger partial charge in [-0.25, -0.2) is 9.97 Å². The molecule has 4 aromatic rings. The number of halogens is 4. The van der Waals surface area contributed by atoms with Gasteiger partial charge in [-0.3, -0.25) is 9.20 Å². The van der Waals surface area contributed by atoms with E-state index in [0.717, 1.165) is 34.6 Å². The monoisotopic (exact) mass is 504 g/mol. The third kappa shape index (κ3) is 3.35. The highest BCUT2D eigenvalue weighted by atomic mass is 35.5. The van der Waals surface area contributed by atoms with Crippen LogP contribution < -0.4 is 0 Å². The molecule has 1 amide bonds. The Hall–Kier alpha value is -3.11. The maximum Gasteiger partial charge on any atom is 0.420 e. The summed E-state index contributed by atoms with van der Waals surface area (Å²) in [7, 11) is 0. The number of aromatic nitrogens is 3. The lowest BCUT2D eigenvalue weighted by Crippen LogP contribution is -2.43. The second-order valence-electron chi connectivity index (χ2n) is 8.34. The van der Waals surface area contributed by atoms with Crippen LogP contribution in [-0.4, -0.2) is 37.3 Å². The van der Waals surface area contributed by atoms with Gasteiger partial charge >= 0.3 is 6.18 Å². The molecule has 1 saturated heterocycles. The van der Waals surface area contributed by atoms with Crippen molar-refractivity contribution in [3.8, 4) is 11.3 Å². The number of furan rings is 1. The summed E-state index contributed by atoms with van der Waals surface area (Å²) in [6.07, 6.45) is 2.29. The number of thiazole rings is 1. The SMILES string of the molecule is O=C(c1nc2c(C(F)(F)F)cc(-c3ccco3)cn2c1Cl)N1C2C=C(c3cscn3)CC1CC2. The predicted molar refractivity (Wildman–Crippen MR) is 121 cm³/mol. The lowest BCUT2D eigenvalue weighted by molar-refractivity contribution is -0.136. The van der Waals surface area contributed by atoms with Crippen molar-refractivity contribution in [2.75, 3.05) is 0 Å². The van der Waals surface area contributed by atoms with Crippen molar-refractivity contribution in [2.24, 2.45) is 0 Å². The number of nitrogens with zero attached hydrogens (tertiary/aromatic N) is 4. The first-order chi connectivity index (χ1) is 16.3. The lowest BCUT2D eigenvalue weighted by atomic mass is 9.99. The maximum absolute atomic E-state index is 13.9. The molecule has 1 fully saturated rings. The summed E-state index contributed by atoms with van der Waals surface area (Å²) in [4.78, 5) is 23.7. The van der Waals surface area contributed by atoms with Gasteiger partial charge in [0.05, 0.1) is 29.1 Å². The van der Waals surface area contributed by atoms with Crippen LogP contribution in [0.5, 0.6) is 0 Å². The number of rotatable bonds is 3. The zero-order valence-corrected chi connectivity index (χ0v) is 19.0. The highest BCUT2D eigenvalue weighted by Gasteiger charge is 2.43. The molecule has 0 aromatic carbocycles. The van der Waals surface area contributed by atoms with E-state index in [0.29, 0.717) is 6.42 Å². The van der Waals surface area contributed by atoms with Crippen LogP contribution in [0.1, 0.15) is 41.0 Å². The summed E-state index contributed by atoms with van der Waals surface area (Å²) < 4.78 is 48.1. The molecule has 0 N–H and O–H groups in total. The summed E-state index contributed by atoms with van der Waals surface area (Å²) in [6, 6.07) is 3.83. The molecule has 6 heterocycles. The van der Waals surface area contributed by atoms with E-state index >= 15 is 0 Å². The van der Waals surface area contributed by atoms with Gasteiger partial charge < -0.3 is 9.32 Å². The van der Waals surface area contributed by atoms with E-state index in [9.17, 15) is 18.0 Å². The van der Waals surface area contributed by atoms with Crippen LogP contribution >= 0.6 is 22.9 Å². The van der Waals surface area contributed by atoms with E-state index in [1.807, 2.05) is 11.5 Å². The Morgan fingerprint density at radius 3 is 2.82 bits per heavy atom. The number of hydrogen-bond donors (Lipinski definition) is 0. The minimum Gasteiger partial charge on any atom is -0.464 e. The molecule has 2 bridgehead atoms. The van der Waals surface area contributed by atoms with Gasteiger partial charge in [0.1, 0.15) is 10.9 Å². The molecule has 2 aliphatic heterocycles. The van der Waals surface area contributed by atoms with Gasteiger partial charge in [-0.15, -0.1) is 11.3 Å². The van der Waals surface area contributed by atoms with Crippen LogP contribution in [0, 0.1) is 0 Å². The van der Waals surface area contributed by atoms with Gasteiger partial charge in [0.25, 0.3) is 5.91 Å². The van der Waals surface area contributed by atoms with E-state index in [2.05, 4.69) is 9.97 Å². The first kappa shape index (κ1) is 21.4. The molecule has 34 heavy (non-hydrogen) atoms. The predicted octanol–water partition coefficient (Wildman–Crippen LogP) is 6.18. The summed E-state index contributed by atoms with van der Waals surface area (Å²) in [5.41, 5.74) is 2.33. The van der Waals surface area contributed by atoms with E-state index < -0.39 is 23.3 Å². The van der Waals surface area contributed by atoms with Crippen LogP contribution in [0.3, 0.4) is 0 Å². The first-order valence-electron chi connectivity index (χ1n) is 10.6. The molecule has 4 aromatic heterocycles. The topological polar surface area (TPSA) is 63.6 Å². The molecule has 6 nitrogen and oxygen atoms in total. The fourth-order valence-electron chi connectivity index (χ4n) is 4.87. The van der Waals surface area contributed by atoms with E-state index in [1.165, 1.54) is 23.8 Å². The molecular weight excluding hydrogens is 489 g/mol. The summed E-state index contributed by atoms with van der Waals surface area (Å²) in [5, 5.41) is 1.81. The van der Waals surface area contributed by atoms with Crippen molar-refractivity contribution < 1.29 is 22.4 Å². The van der Waals surface area contributed by atoms with Gasteiger partial charge in [-0.05, 0) is 43.0 Å². The Bertz CT molecular complexity index is 1430. The summed E-state index contributed by atoms with van der Waals surface area (Å²) in [6.45, 7) is 0. The number of carbonyl (C=O) groups is 1. The summed E-state index contributed by atoms with van der Waals surface area (Å²) in [5.74, 6) is -0.221. The lowest BCUT2D eigenvalue weighted by Gasteiger charge is -2.33. The molecule has 2 aliphatic rings. The molecular formula is C23H16ClF3N4O2S. The molecule has 0 radical (unpaired) electrons. The largest absolute Gasteiger partial charge is 0.464 e. The number of fused-ring (bicyclic) bond motifs is 3. The van der Waals surface area contributed by atoms with E-state index in [-0.39, 0.29) is 34.3 Å². The normalized spacial score (nSPS) is 20.2. The number of carbonyl (C=O) groups excluding carboxylic acids is 1. The molecule has 0 saturated carbocycles. The van der Waals surface area contributed by atoms with Crippen molar-refractivity contribution in [3.63, 3.8) is 0 Å². The minimum absolute atomic E-state index is 0.0826. The second-order valence-corrected chi connectivity index (χ2v) is 9.42. The van der Waals surface area contributed by atoms with Crippen LogP contribution in [0.25, 0.3) is 22.5 Å². The van der Waals surface area contributed by atoms with Crippen molar-refractivity contribution in [1.29, 1.82) is 0 Å². The number of imidazole rings is 1. The number of pyridine rings is 1. The van der Waals surface area contributed by atoms with Gasteiger partial charge in [-0.2, -0.15) is 13.2 Å². The van der Waals surface area contributed by atoms with Gasteiger partial charge in [0.15, 0.2) is 11.3 Å². The zero-order valence-electron chi connectivity index (χ0n) is 17.4. The smallest absolute Gasteiger partial charge is 0.420 e. The Morgan fingerprint density at radius 2 is 2.15 bits per heavy atom. The van der Waals surface area contributed by atoms with E-state index in [4.69, 9.17) is 16.0 Å². The minimum atomic E-state index is -4.70. The summed E-state index contributed by atoms with van der Waals surface area (Å²) >= 11 is 7.99. The second kappa shape index (κ2) is 7.71. The molecule has 0 spiro atoms. The molecule has 0 aliphatic carbocycles. The van der Waals surface area contributed by atoms with E-state index in [1.54, 1.807) is 22.5 Å². The molecule has 6 rings (SSSR count). The highest BCUT2D eigenvalue weighted by molar-refractivity contribution is 7.07. The Morgan fingerprint density at radius 1 is 1.29 bits per heavy atom. The molecule has 2 unspecified atom stereocenters. The quantitative estimate of drug-likeness (QED) is 0.334.